The summed E-state index contributed by atoms with van der Waals surface area (Å²) in [5.41, 5.74) is 4.42. The fourth-order valence-electron chi connectivity index (χ4n) is 4.22. The van der Waals surface area contributed by atoms with Crippen LogP contribution < -0.4 is 0 Å². The van der Waals surface area contributed by atoms with Crippen molar-refractivity contribution >= 4 is 17.4 Å². The summed E-state index contributed by atoms with van der Waals surface area (Å²) in [4.78, 5) is 23.4. The molecule has 3 heterocycles. The zero-order valence-electron chi connectivity index (χ0n) is 16.6. The van der Waals surface area contributed by atoms with Crippen LogP contribution >= 0.6 is 0 Å². The predicted molar refractivity (Wildman–Crippen MR) is 107 cm³/mol. The molecular weight excluding hydrogens is 371 g/mol. The molecule has 1 amide bonds. The molecule has 2 aliphatic heterocycles. The molecular formula is C22H23FN4O2. The van der Waals surface area contributed by atoms with E-state index in [9.17, 15) is 9.18 Å². The number of hydrogen-bond donors (Lipinski definition) is 0. The normalized spacial score (nSPS) is 19.8. The van der Waals surface area contributed by atoms with Crippen molar-refractivity contribution in [2.45, 2.75) is 38.2 Å². The van der Waals surface area contributed by atoms with Gasteiger partial charge in [-0.1, -0.05) is 0 Å². The summed E-state index contributed by atoms with van der Waals surface area (Å²) in [5, 5.41) is 0. The van der Waals surface area contributed by atoms with E-state index in [4.69, 9.17) is 4.74 Å². The third-order valence-corrected chi connectivity index (χ3v) is 6.02. The number of aromatic nitrogens is 2. The Morgan fingerprint density at radius 1 is 1.31 bits per heavy atom. The summed E-state index contributed by atoms with van der Waals surface area (Å²) in [6.07, 6.45) is 8.10. The molecule has 0 N–H and O–H groups in total. The average molecular weight is 394 g/mol. The van der Waals surface area contributed by atoms with Crippen molar-refractivity contribution in [2.24, 2.45) is 4.99 Å². The number of fused-ring (bicyclic) bond motifs is 3. The fourth-order valence-corrected chi connectivity index (χ4v) is 4.22. The van der Waals surface area contributed by atoms with Crippen molar-refractivity contribution in [2.75, 3.05) is 20.2 Å². The van der Waals surface area contributed by atoms with E-state index < -0.39 is 0 Å². The van der Waals surface area contributed by atoms with Crippen molar-refractivity contribution in [1.29, 1.82) is 0 Å². The second-order valence-electron chi connectivity index (χ2n) is 7.84. The number of aliphatic imine (C=N–C) groups is 1. The maximum Gasteiger partial charge on any atom is 0.248 e. The third kappa shape index (κ3) is 3.09. The van der Waals surface area contributed by atoms with Gasteiger partial charge < -0.3 is 9.64 Å². The number of carbonyl (C=O) groups excluding carboxylic acids is 1. The summed E-state index contributed by atoms with van der Waals surface area (Å²) < 4.78 is 21.7. The number of ether oxygens (including phenoxy) is 1. The Kier molecular flexibility index (Phi) is 4.35. The highest BCUT2D eigenvalue weighted by Gasteiger charge is 2.35. The number of amides is 1. The maximum absolute atomic E-state index is 14.6. The number of carbonyl (C=O) groups is 1. The van der Waals surface area contributed by atoms with E-state index >= 15 is 0 Å². The van der Waals surface area contributed by atoms with Gasteiger partial charge in [-0.2, -0.15) is 0 Å². The van der Waals surface area contributed by atoms with Gasteiger partial charge >= 0.3 is 0 Å². The van der Waals surface area contributed by atoms with E-state index in [-0.39, 0.29) is 24.4 Å². The van der Waals surface area contributed by atoms with Crippen LogP contribution in [0.5, 0.6) is 0 Å². The van der Waals surface area contributed by atoms with E-state index in [2.05, 4.69) is 9.98 Å². The van der Waals surface area contributed by atoms with Gasteiger partial charge in [-0.15, -0.1) is 0 Å². The predicted octanol–water partition coefficient (Wildman–Crippen LogP) is 3.29. The minimum absolute atomic E-state index is 0.0419. The molecule has 1 aromatic carbocycles. The van der Waals surface area contributed by atoms with Gasteiger partial charge in [0.1, 0.15) is 24.5 Å². The Hall–Kier alpha value is -2.80. The Morgan fingerprint density at radius 2 is 2.14 bits per heavy atom. The molecule has 3 aliphatic rings. The Morgan fingerprint density at radius 3 is 2.90 bits per heavy atom. The lowest BCUT2D eigenvalue weighted by Crippen LogP contribution is -2.36. The van der Waals surface area contributed by atoms with Crippen LogP contribution in [0.15, 0.2) is 35.7 Å². The maximum atomic E-state index is 14.6. The largest absolute Gasteiger partial charge is 0.375 e. The number of methoxy groups -OCH3 is 1. The van der Waals surface area contributed by atoms with Gasteiger partial charge in [0, 0.05) is 31.5 Å². The minimum Gasteiger partial charge on any atom is -0.375 e. The van der Waals surface area contributed by atoms with Gasteiger partial charge in [0.2, 0.25) is 5.91 Å². The number of halogens is 1. The molecule has 1 fully saturated rings. The standard InChI is InChI=1S/C22H23FN4O2/c1-13(29-2)18-11-26(12-25-18)20-9-19-15-5-6-17(23)22(14-3-4-14)16(15)7-8-27(19)21(28)10-24-20/h5-6,9,11-14H,3-4,7-8,10H2,1-2H3. The first kappa shape index (κ1) is 18.2. The molecule has 1 unspecified atom stereocenters. The molecule has 6 nitrogen and oxygen atoms in total. The molecule has 1 aliphatic carbocycles. The topological polar surface area (TPSA) is 59.7 Å². The highest BCUT2D eigenvalue weighted by molar-refractivity contribution is 6.06. The fraction of sp³-hybridized carbons (Fsp3) is 0.409. The van der Waals surface area contributed by atoms with Crippen molar-refractivity contribution in [3.63, 3.8) is 0 Å². The molecule has 2 aromatic rings. The zero-order valence-corrected chi connectivity index (χ0v) is 16.6. The minimum atomic E-state index is -0.132. The van der Waals surface area contributed by atoms with Crippen molar-refractivity contribution in [3.8, 4) is 0 Å². The van der Waals surface area contributed by atoms with Crippen LogP contribution in [0.25, 0.3) is 5.70 Å². The average Bonchev–Trinajstić information content (AvgIpc) is 3.47. The highest BCUT2D eigenvalue weighted by Crippen LogP contribution is 2.46. The third-order valence-electron chi connectivity index (χ3n) is 6.02. The van der Waals surface area contributed by atoms with E-state index in [1.165, 1.54) is 0 Å². The van der Waals surface area contributed by atoms with E-state index in [1.54, 1.807) is 30.5 Å². The lowest BCUT2D eigenvalue weighted by Gasteiger charge is -2.32. The SMILES string of the molecule is COC(C)c1cn(C2=NCC(=O)N3CCc4c(ccc(F)c4C4CC4)C3=C2)cn1. The zero-order chi connectivity index (χ0) is 20.1. The molecule has 1 atom stereocenters. The molecule has 7 heteroatoms. The van der Waals surface area contributed by atoms with E-state index in [1.807, 2.05) is 23.8 Å². The molecule has 0 bridgehead atoms. The number of imidazole rings is 1. The first-order valence-electron chi connectivity index (χ1n) is 10.0. The molecule has 5 rings (SSSR count). The second kappa shape index (κ2) is 6.91. The van der Waals surface area contributed by atoms with Gasteiger partial charge in [-0.25, -0.2) is 9.37 Å². The van der Waals surface area contributed by atoms with Crippen LogP contribution in [0.3, 0.4) is 0 Å². The van der Waals surface area contributed by atoms with Crippen LogP contribution in [-0.2, 0) is 16.0 Å². The van der Waals surface area contributed by atoms with Crippen LogP contribution in [0, 0.1) is 5.82 Å². The Labute approximate surface area is 168 Å². The van der Waals surface area contributed by atoms with Gasteiger partial charge in [-0.3, -0.25) is 14.4 Å². The quantitative estimate of drug-likeness (QED) is 0.803. The first-order valence-corrected chi connectivity index (χ1v) is 10.0. The lowest BCUT2D eigenvalue weighted by molar-refractivity contribution is -0.126. The van der Waals surface area contributed by atoms with E-state index in [0.29, 0.717) is 24.7 Å². The molecule has 0 saturated heterocycles. The van der Waals surface area contributed by atoms with Gasteiger partial charge in [0.15, 0.2) is 0 Å². The molecule has 1 saturated carbocycles. The lowest BCUT2D eigenvalue weighted by atomic mass is 9.89. The highest BCUT2D eigenvalue weighted by atomic mass is 19.1. The molecule has 29 heavy (non-hydrogen) atoms. The van der Waals surface area contributed by atoms with Crippen molar-refractivity contribution in [3.05, 3.63) is 58.9 Å². The summed E-state index contributed by atoms with van der Waals surface area (Å²) in [7, 11) is 1.64. The van der Waals surface area contributed by atoms with Gasteiger partial charge in [-0.05, 0) is 55.4 Å². The van der Waals surface area contributed by atoms with Crippen LogP contribution in [-0.4, -0.2) is 46.4 Å². The molecule has 0 radical (unpaired) electrons. The Balaban J connectivity index is 1.60. The summed E-state index contributed by atoms with van der Waals surface area (Å²) >= 11 is 0. The van der Waals surface area contributed by atoms with Crippen molar-refractivity contribution in [1.82, 2.24) is 14.5 Å². The number of hydrogen-bond acceptors (Lipinski definition) is 4. The first-order chi connectivity index (χ1) is 14.1. The smallest absolute Gasteiger partial charge is 0.248 e. The van der Waals surface area contributed by atoms with Crippen LogP contribution in [0.1, 0.15) is 54.2 Å². The number of benzene rings is 1. The molecule has 0 spiro atoms. The summed E-state index contributed by atoms with van der Waals surface area (Å²) in [6.45, 7) is 2.56. The van der Waals surface area contributed by atoms with Crippen molar-refractivity contribution < 1.29 is 13.9 Å². The number of nitrogens with zero attached hydrogens (tertiary/aromatic N) is 4. The van der Waals surface area contributed by atoms with Crippen LogP contribution in [0.4, 0.5) is 4.39 Å². The van der Waals surface area contributed by atoms with Gasteiger partial charge in [0.05, 0.1) is 17.5 Å². The molecule has 1 aromatic heterocycles. The number of allylic oxidation sites excluding steroid dienone is 1. The number of rotatable bonds is 3. The Bertz CT molecular complexity index is 1050. The van der Waals surface area contributed by atoms with Crippen LogP contribution in [0.2, 0.25) is 0 Å². The monoisotopic (exact) mass is 394 g/mol. The second-order valence-corrected chi connectivity index (χ2v) is 7.84. The summed E-state index contributed by atoms with van der Waals surface area (Å²) in [6, 6.07) is 3.34. The summed E-state index contributed by atoms with van der Waals surface area (Å²) in [5.74, 6) is 0.795. The molecule has 150 valence electrons. The van der Waals surface area contributed by atoms with E-state index in [0.717, 1.165) is 40.9 Å². The van der Waals surface area contributed by atoms with Gasteiger partial charge in [0.25, 0.3) is 0 Å².